The molecule has 0 aromatic carbocycles. The molecule has 0 N–H and O–H groups in total. The van der Waals surface area contributed by atoms with Gasteiger partial charge in [0.05, 0.1) is 18.5 Å². The zero-order valence-electron chi connectivity index (χ0n) is 5.65. The van der Waals surface area contributed by atoms with Crippen LogP contribution in [0.25, 0.3) is 0 Å². The molecule has 2 fully saturated rings. The van der Waals surface area contributed by atoms with Crippen LogP contribution in [-0.4, -0.2) is 44.3 Å². The Kier molecular flexibility index (Phi) is 1.13. The summed E-state index contributed by atoms with van der Waals surface area (Å²) in [5.41, 5.74) is 0. The van der Waals surface area contributed by atoms with Crippen molar-refractivity contribution in [3.63, 3.8) is 0 Å². The third-order valence-corrected chi connectivity index (χ3v) is 3.16. The van der Waals surface area contributed by atoms with Crippen molar-refractivity contribution in [1.29, 1.82) is 0 Å². The van der Waals surface area contributed by atoms with E-state index >= 15 is 0 Å². The number of nitrogens with zero attached hydrogens (tertiary/aromatic N) is 1. The molecule has 2 aliphatic heterocycles. The van der Waals surface area contributed by atoms with E-state index in [0.717, 1.165) is 0 Å². The number of rotatable bonds is 1. The van der Waals surface area contributed by atoms with Gasteiger partial charge < -0.3 is 4.74 Å². The molecule has 2 atom stereocenters. The van der Waals surface area contributed by atoms with Crippen molar-refractivity contribution in [3.05, 3.63) is 0 Å². The van der Waals surface area contributed by atoms with E-state index in [9.17, 15) is 8.42 Å². The molecule has 0 aliphatic carbocycles. The first-order chi connectivity index (χ1) is 4.57. The molecular formula is C5H9NO3S. The molecule has 2 saturated heterocycles. The third-order valence-electron chi connectivity index (χ3n) is 1.92. The maximum Gasteiger partial charge on any atom is 0.211 e. The second-order valence-electron chi connectivity index (χ2n) is 2.79. The van der Waals surface area contributed by atoms with Crippen LogP contribution in [0.2, 0.25) is 0 Å². The van der Waals surface area contributed by atoms with E-state index in [2.05, 4.69) is 0 Å². The molecule has 0 spiro atoms. The first-order valence-corrected chi connectivity index (χ1v) is 5.03. The van der Waals surface area contributed by atoms with Gasteiger partial charge in [-0.15, -0.1) is 0 Å². The number of fused-ring (bicyclic) bond motifs is 1. The lowest BCUT2D eigenvalue weighted by Gasteiger charge is -2.12. The molecule has 58 valence electrons. The zero-order valence-corrected chi connectivity index (χ0v) is 6.47. The highest BCUT2D eigenvalue weighted by Gasteiger charge is 2.49. The molecule has 2 aliphatic rings. The summed E-state index contributed by atoms with van der Waals surface area (Å²) in [6, 6.07) is 0. The molecule has 5 heteroatoms. The Balaban J connectivity index is 2.10. The van der Waals surface area contributed by atoms with E-state index in [1.54, 1.807) is 0 Å². The van der Waals surface area contributed by atoms with Crippen molar-refractivity contribution >= 4 is 10.0 Å². The summed E-state index contributed by atoms with van der Waals surface area (Å²) in [5.74, 6) is 0. The van der Waals surface area contributed by atoms with Gasteiger partial charge in [-0.25, -0.2) is 8.42 Å². The first-order valence-electron chi connectivity index (χ1n) is 3.18. The SMILES string of the molecule is CS(=O)(=O)N1C[C@@H]2O[C@@H]2C1. The number of epoxide rings is 1. The molecule has 0 saturated carbocycles. The molecule has 10 heavy (non-hydrogen) atoms. The molecule has 4 nitrogen and oxygen atoms in total. The molecule has 0 unspecified atom stereocenters. The van der Waals surface area contributed by atoms with Crippen LogP contribution in [0.15, 0.2) is 0 Å². The van der Waals surface area contributed by atoms with Crippen LogP contribution in [-0.2, 0) is 14.8 Å². The van der Waals surface area contributed by atoms with E-state index in [4.69, 9.17) is 4.74 Å². The number of hydrogen-bond acceptors (Lipinski definition) is 3. The Hall–Kier alpha value is -0.130. The smallest absolute Gasteiger partial charge is 0.211 e. The second kappa shape index (κ2) is 1.72. The number of ether oxygens (including phenoxy) is 1. The van der Waals surface area contributed by atoms with Crippen LogP contribution < -0.4 is 0 Å². The Morgan fingerprint density at radius 1 is 1.40 bits per heavy atom. The highest BCUT2D eigenvalue weighted by molar-refractivity contribution is 7.88. The minimum absolute atomic E-state index is 0.203. The number of sulfonamides is 1. The van der Waals surface area contributed by atoms with Crippen molar-refractivity contribution in [2.75, 3.05) is 19.3 Å². The van der Waals surface area contributed by atoms with Gasteiger partial charge in [0, 0.05) is 13.1 Å². The summed E-state index contributed by atoms with van der Waals surface area (Å²) >= 11 is 0. The fourth-order valence-electron chi connectivity index (χ4n) is 1.25. The van der Waals surface area contributed by atoms with Crippen molar-refractivity contribution in [2.24, 2.45) is 0 Å². The Bertz CT molecular complexity index is 238. The highest BCUT2D eigenvalue weighted by atomic mass is 32.2. The monoisotopic (exact) mass is 163 g/mol. The van der Waals surface area contributed by atoms with Gasteiger partial charge in [-0.05, 0) is 0 Å². The third kappa shape index (κ3) is 0.941. The fraction of sp³-hybridized carbons (Fsp3) is 1.00. The number of hydrogen-bond donors (Lipinski definition) is 0. The lowest BCUT2D eigenvalue weighted by molar-refractivity contribution is 0.273. The number of morpholine rings is 1. The van der Waals surface area contributed by atoms with Crippen LogP contribution in [0, 0.1) is 0 Å². The Labute approximate surface area is 59.8 Å². The minimum Gasteiger partial charge on any atom is -0.367 e. The summed E-state index contributed by atoms with van der Waals surface area (Å²) in [5, 5.41) is 0. The van der Waals surface area contributed by atoms with E-state index in [-0.39, 0.29) is 12.2 Å². The zero-order chi connectivity index (χ0) is 7.35. The Morgan fingerprint density at radius 2 is 1.90 bits per heavy atom. The van der Waals surface area contributed by atoms with Gasteiger partial charge in [0.25, 0.3) is 0 Å². The summed E-state index contributed by atoms with van der Waals surface area (Å²) in [4.78, 5) is 0. The summed E-state index contributed by atoms with van der Waals surface area (Å²) in [7, 11) is -2.95. The van der Waals surface area contributed by atoms with Crippen molar-refractivity contribution in [1.82, 2.24) is 4.31 Å². The minimum atomic E-state index is -2.95. The standard InChI is InChI=1S/C5H9NO3S/c1-10(7,8)6-2-4-5(3-6)9-4/h4-5H,2-3H2,1H3/t4-,5+. The van der Waals surface area contributed by atoms with Crippen LogP contribution in [0.1, 0.15) is 0 Å². The van der Waals surface area contributed by atoms with Crippen molar-refractivity contribution in [3.8, 4) is 0 Å². The predicted octanol–water partition coefficient (Wildman–Crippen LogP) is -0.971. The molecule has 0 amide bonds. The van der Waals surface area contributed by atoms with Crippen LogP contribution >= 0.6 is 0 Å². The summed E-state index contributed by atoms with van der Waals surface area (Å²) < 4.78 is 28.3. The second-order valence-corrected chi connectivity index (χ2v) is 4.78. The van der Waals surface area contributed by atoms with Gasteiger partial charge in [0.15, 0.2) is 0 Å². The molecule has 0 aromatic heterocycles. The molecule has 2 rings (SSSR count). The van der Waals surface area contributed by atoms with Gasteiger partial charge >= 0.3 is 0 Å². The first kappa shape index (κ1) is 6.57. The predicted molar refractivity (Wildman–Crippen MR) is 35.1 cm³/mol. The van der Waals surface area contributed by atoms with Crippen LogP contribution in [0.5, 0.6) is 0 Å². The van der Waals surface area contributed by atoms with Gasteiger partial charge in [0.1, 0.15) is 0 Å². The summed E-state index contributed by atoms with van der Waals surface area (Å²) in [6.45, 7) is 1.12. The summed E-state index contributed by atoms with van der Waals surface area (Å²) in [6.07, 6.45) is 1.64. The maximum absolute atomic E-state index is 10.9. The largest absolute Gasteiger partial charge is 0.367 e. The lowest BCUT2D eigenvalue weighted by Crippen LogP contribution is -2.30. The molecule has 0 aromatic rings. The molecular weight excluding hydrogens is 154 g/mol. The maximum atomic E-state index is 10.9. The fourth-order valence-corrected chi connectivity index (χ4v) is 2.08. The highest BCUT2D eigenvalue weighted by Crippen LogP contribution is 2.31. The van der Waals surface area contributed by atoms with E-state index in [1.165, 1.54) is 10.6 Å². The van der Waals surface area contributed by atoms with Gasteiger partial charge in [-0.3, -0.25) is 0 Å². The van der Waals surface area contributed by atoms with E-state index in [0.29, 0.717) is 13.1 Å². The van der Waals surface area contributed by atoms with Crippen molar-refractivity contribution < 1.29 is 13.2 Å². The van der Waals surface area contributed by atoms with Crippen LogP contribution in [0.4, 0.5) is 0 Å². The average molecular weight is 163 g/mol. The normalized spacial score (nSPS) is 39.7. The van der Waals surface area contributed by atoms with Gasteiger partial charge in [-0.2, -0.15) is 4.31 Å². The Morgan fingerprint density at radius 3 is 2.20 bits per heavy atom. The quantitative estimate of drug-likeness (QED) is 0.467. The van der Waals surface area contributed by atoms with E-state index < -0.39 is 10.0 Å². The van der Waals surface area contributed by atoms with E-state index in [1.807, 2.05) is 0 Å². The van der Waals surface area contributed by atoms with Gasteiger partial charge in [-0.1, -0.05) is 0 Å². The molecule has 0 radical (unpaired) electrons. The van der Waals surface area contributed by atoms with Gasteiger partial charge in [0.2, 0.25) is 10.0 Å². The molecule has 0 bridgehead atoms. The van der Waals surface area contributed by atoms with Crippen molar-refractivity contribution in [2.45, 2.75) is 12.2 Å². The lowest BCUT2D eigenvalue weighted by atomic mass is 10.4. The van der Waals surface area contributed by atoms with Crippen LogP contribution in [0.3, 0.4) is 0 Å². The molecule has 2 heterocycles. The average Bonchev–Trinajstić information content (AvgIpc) is 2.38. The topological polar surface area (TPSA) is 49.9 Å².